The molecule has 0 saturated carbocycles. The van der Waals surface area contributed by atoms with E-state index in [1.54, 1.807) is 6.07 Å². The lowest BCUT2D eigenvalue weighted by molar-refractivity contribution is -0.384. The van der Waals surface area contributed by atoms with Crippen LogP contribution in [0.5, 0.6) is 0 Å². The van der Waals surface area contributed by atoms with E-state index in [1.807, 2.05) is 18.2 Å². The fraction of sp³-hybridized carbons (Fsp3) is 0.133. The second-order valence-electron chi connectivity index (χ2n) is 4.70. The third kappa shape index (κ3) is 1.97. The zero-order valence-electron chi connectivity index (χ0n) is 10.6. The number of anilines is 1. The third-order valence-electron chi connectivity index (χ3n) is 3.49. The quantitative estimate of drug-likeness (QED) is 0.618. The highest BCUT2D eigenvalue weighted by Crippen LogP contribution is 2.32. The second kappa shape index (κ2) is 4.67. The SMILES string of the molecule is N#Cc1cc([N+](=O)[O-])ccc1N1Cc2ccccc2C1. The molecule has 1 aliphatic heterocycles. The number of nitrogens with zero attached hydrogens (tertiary/aromatic N) is 3. The normalized spacial score (nSPS) is 12.8. The predicted molar refractivity (Wildman–Crippen MR) is 74.1 cm³/mol. The smallest absolute Gasteiger partial charge is 0.270 e. The van der Waals surface area contributed by atoms with E-state index in [2.05, 4.69) is 17.0 Å². The van der Waals surface area contributed by atoms with Crippen molar-refractivity contribution in [2.24, 2.45) is 0 Å². The summed E-state index contributed by atoms with van der Waals surface area (Å²) in [6.45, 7) is 1.45. The first kappa shape index (κ1) is 12.2. The summed E-state index contributed by atoms with van der Waals surface area (Å²) in [5, 5.41) is 20.0. The zero-order valence-corrected chi connectivity index (χ0v) is 10.6. The minimum atomic E-state index is -0.483. The molecular formula is C15H11N3O2. The van der Waals surface area contributed by atoms with Crippen molar-refractivity contribution in [2.45, 2.75) is 13.1 Å². The van der Waals surface area contributed by atoms with Crippen molar-refractivity contribution in [3.8, 4) is 6.07 Å². The van der Waals surface area contributed by atoms with Gasteiger partial charge in [0.2, 0.25) is 0 Å². The molecule has 2 aromatic rings. The van der Waals surface area contributed by atoms with Crippen molar-refractivity contribution in [2.75, 3.05) is 4.90 Å². The van der Waals surface area contributed by atoms with Crippen molar-refractivity contribution < 1.29 is 4.92 Å². The molecule has 0 amide bonds. The van der Waals surface area contributed by atoms with E-state index in [-0.39, 0.29) is 5.69 Å². The van der Waals surface area contributed by atoms with Crippen LogP contribution in [0.15, 0.2) is 42.5 Å². The van der Waals surface area contributed by atoms with Gasteiger partial charge in [0.25, 0.3) is 5.69 Å². The van der Waals surface area contributed by atoms with E-state index in [0.717, 1.165) is 18.8 Å². The van der Waals surface area contributed by atoms with E-state index < -0.39 is 4.92 Å². The van der Waals surface area contributed by atoms with Gasteiger partial charge in [-0.1, -0.05) is 24.3 Å². The van der Waals surface area contributed by atoms with Crippen LogP contribution in [0, 0.1) is 21.4 Å². The van der Waals surface area contributed by atoms with E-state index in [4.69, 9.17) is 0 Å². The summed E-state index contributed by atoms with van der Waals surface area (Å²) in [6, 6.07) is 14.6. The summed E-state index contributed by atoms with van der Waals surface area (Å²) in [7, 11) is 0. The van der Waals surface area contributed by atoms with Crippen LogP contribution in [-0.4, -0.2) is 4.92 Å². The molecule has 3 rings (SSSR count). The van der Waals surface area contributed by atoms with Crippen molar-refractivity contribution in [3.05, 3.63) is 69.3 Å². The molecule has 0 atom stereocenters. The van der Waals surface area contributed by atoms with Crippen LogP contribution >= 0.6 is 0 Å². The molecule has 1 aliphatic rings. The number of fused-ring (bicyclic) bond motifs is 1. The molecule has 0 aromatic heterocycles. The maximum Gasteiger partial charge on any atom is 0.270 e. The lowest BCUT2D eigenvalue weighted by atomic mass is 10.1. The Bertz CT molecular complexity index is 709. The van der Waals surface area contributed by atoms with Gasteiger partial charge in [-0.2, -0.15) is 5.26 Å². The van der Waals surface area contributed by atoms with Gasteiger partial charge in [0.15, 0.2) is 0 Å². The monoisotopic (exact) mass is 265 g/mol. The number of nitriles is 1. The van der Waals surface area contributed by atoms with Crippen LogP contribution in [0.3, 0.4) is 0 Å². The summed E-state index contributed by atoms with van der Waals surface area (Å²) in [5.74, 6) is 0. The van der Waals surface area contributed by atoms with Gasteiger partial charge in [-0.05, 0) is 17.2 Å². The Kier molecular flexibility index (Phi) is 2.84. The van der Waals surface area contributed by atoms with Crippen molar-refractivity contribution in [3.63, 3.8) is 0 Å². The van der Waals surface area contributed by atoms with E-state index >= 15 is 0 Å². The number of nitro groups is 1. The molecule has 0 aliphatic carbocycles. The molecule has 5 heteroatoms. The van der Waals surface area contributed by atoms with E-state index in [0.29, 0.717) is 5.56 Å². The van der Waals surface area contributed by atoms with Crippen LogP contribution < -0.4 is 4.90 Å². The maximum absolute atomic E-state index is 10.8. The Morgan fingerprint density at radius 3 is 2.35 bits per heavy atom. The first-order chi connectivity index (χ1) is 9.69. The number of non-ortho nitro benzene ring substituents is 1. The number of nitro benzene ring substituents is 1. The summed E-state index contributed by atoms with van der Waals surface area (Å²) in [6.07, 6.45) is 0. The molecule has 0 saturated heterocycles. The topological polar surface area (TPSA) is 70.2 Å². The highest BCUT2D eigenvalue weighted by atomic mass is 16.6. The fourth-order valence-corrected chi connectivity index (χ4v) is 2.51. The Morgan fingerprint density at radius 1 is 1.15 bits per heavy atom. The van der Waals surface area contributed by atoms with Gasteiger partial charge in [0.1, 0.15) is 6.07 Å². The number of rotatable bonds is 2. The molecular weight excluding hydrogens is 254 g/mol. The van der Waals surface area contributed by atoms with Gasteiger partial charge in [-0.3, -0.25) is 10.1 Å². The molecule has 0 N–H and O–H groups in total. The van der Waals surface area contributed by atoms with Gasteiger partial charge in [-0.15, -0.1) is 0 Å². The van der Waals surface area contributed by atoms with Gasteiger partial charge in [0, 0.05) is 25.2 Å². The van der Waals surface area contributed by atoms with Crippen LogP contribution in [0.4, 0.5) is 11.4 Å². The summed E-state index contributed by atoms with van der Waals surface area (Å²) < 4.78 is 0. The van der Waals surface area contributed by atoms with Crippen LogP contribution in [0.25, 0.3) is 0 Å². The third-order valence-corrected chi connectivity index (χ3v) is 3.49. The molecule has 0 bridgehead atoms. The average molecular weight is 265 g/mol. The van der Waals surface area contributed by atoms with Crippen LogP contribution in [0.1, 0.15) is 16.7 Å². The summed E-state index contributed by atoms with van der Waals surface area (Å²) >= 11 is 0. The molecule has 20 heavy (non-hydrogen) atoms. The molecule has 2 aromatic carbocycles. The lowest BCUT2D eigenvalue weighted by Crippen LogP contribution is -2.15. The largest absolute Gasteiger partial charge is 0.362 e. The minimum absolute atomic E-state index is 0.0537. The summed E-state index contributed by atoms with van der Waals surface area (Å²) in [4.78, 5) is 12.3. The highest BCUT2D eigenvalue weighted by Gasteiger charge is 2.22. The van der Waals surface area contributed by atoms with E-state index in [9.17, 15) is 15.4 Å². The van der Waals surface area contributed by atoms with Crippen LogP contribution in [0.2, 0.25) is 0 Å². The predicted octanol–water partition coefficient (Wildman–Crippen LogP) is 2.99. The highest BCUT2D eigenvalue weighted by molar-refractivity contribution is 5.64. The van der Waals surface area contributed by atoms with Crippen molar-refractivity contribution >= 4 is 11.4 Å². The Hall–Kier alpha value is -2.87. The maximum atomic E-state index is 10.8. The fourth-order valence-electron chi connectivity index (χ4n) is 2.51. The number of hydrogen-bond acceptors (Lipinski definition) is 4. The molecule has 98 valence electrons. The first-order valence-corrected chi connectivity index (χ1v) is 6.19. The molecule has 5 nitrogen and oxygen atoms in total. The van der Waals surface area contributed by atoms with Gasteiger partial charge < -0.3 is 4.90 Å². The summed E-state index contributed by atoms with van der Waals surface area (Å²) in [5.41, 5.74) is 3.49. The minimum Gasteiger partial charge on any atom is -0.362 e. The Morgan fingerprint density at radius 2 is 1.80 bits per heavy atom. The first-order valence-electron chi connectivity index (χ1n) is 6.19. The average Bonchev–Trinajstić information content (AvgIpc) is 2.90. The molecule has 0 fully saturated rings. The van der Waals surface area contributed by atoms with Gasteiger partial charge >= 0.3 is 0 Å². The lowest BCUT2D eigenvalue weighted by Gasteiger charge is -2.18. The standard InChI is InChI=1S/C15H11N3O2/c16-8-13-7-14(18(19)20)5-6-15(13)17-9-11-3-1-2-4-12(11)10-17/h1-7H,9-10H2. The Balaban J connectivity index is 1.97. The molecule has 0 radical (unpaired) electrons. The number of hydrogen-bond donors (Lipinski definition) is 0. The molecule has 0 spiro atoms. The van der Waals surface area contributed by atoms with Gasteiger partial charge in [-0.25, -0.2) is 0 Å². The zero-order chi connectivity index (χ0) is 14.1. The van der Waals surface area contributed by atoms with Crippen molar-refractivity contribution in [1.29, 1.82) is 5.26 Å². The molecule has 1 heterocycles. The van der Waals surface area contributed by atoms with Gasteiger partial charge in [0.05, 0.1) is 16.2 Å². The second-order valence-corrected chi connectivity index (χ2v) is 4.70. The van der Waals surface area contributed by atoms with Crippen LogP contribution in [-0.2, 0) is 13.1 Å². The van der Waals surface area contributed by atoms with E-state index in [1.165, 1.54) is 23.3 Å². The van der Waals surface area contributed by atoms with Crippen molar-refractivity contribution in [1.82, 2.24) is 0 Å². The number of benzene rings is 2. The molecule has 0 unspecified atom stereocenters. The Labute approximate surface area is 115 Å².